The van der Waals surface area contributed by atoms with E-state index >= 15 is 0 Å². The van der Waals surface area contributed by atoms with Crippen LogP contribution in [0.4, 0.5) is 8.78 Å². The first-order chi connectivity index (χ1) is 5.59. The number of aliphatic hydroxyl groups is 1. The minimum Gasteiger partial charge on any atom is -0.393 e. The molecular formula is C9H14F2O. The van der Waals surface area contributed by atoms with E-state index in [1.807, 2.05) is 0 Å². The average Bonchev–Trinajstić information content (AvgIpc) is 2.57. The molecule has 3 atom stereocenters. The van der Waals surface area contributed by atoms with E-state index in [2.05, 4.69) is 0 Å². The Morgan fingerprint density at radius 3 is 2.25 bits per heavy atom. The summed E-state index contributed by atoms with van der Waals surface area (Å²) in [5.74, 6) is -2.42. The lowest BCUT2D eigenvalue weighted by atomic mass is 9.78. The molecule has 0 aromatic carbocycles. The van der Waals surface area contributed by atoms with Crippen LogP contribution in [0.2, 0.25) is 0 Å². The summed E-state index contributed by atoms with van der Waals surface area (Å²) >= 11 is 0. The van der Waals surface area contributed by atoms with Gasteiger partial charge < -0.3 is 5.11 Å². The van der Waals surface area contributed by atoms with Gasteiger partial charge >= 0.3 is 0 Å². The molecule has 0 saturated heterocycles. The van der Waals surface area contributed by atoms with Gasteiger partial charge in [0.05, 0.1) is 6.10 Å². The van der Waals surface area contributed by atoms with Crippen molar-refractivity contribution in [1.82, 2.24) is 0 Å². The van der Waals surface area contributed by atoms with Gasteiger partial charge in [-0.2, -0.15) is 0 Å². The lowest BCUT2D eigenvalue weighted by Gasteiger charge is -2.32. The summed E-state index contributed by atoms with van der Waals surface area (Å²) in [6.07, 6.45) is 3.18. The lowest BCUT2D eigenvalue weighted by Crippen LogP contribution is -2.31. The van der Waals surface area contributed by atoms with Crippen molar-refractivity contribution in [2.75, 3.05) is 0 Å². The smallest absolute Gasteiger partial charge is 0.251 e. The zero-order valence-electron chi connectivity index (χ0n) is 6.97. The van der Waals surface area contributed by atoms with E-state index < -0.39 is 5.92 Å². The van der Waals surface area contributed by atoms with Crippen LogP contribution in [0, 0.1) is 11.8 Å². The average molecular weight is 176 g/mol. The van der Waals surface area contributed by atoms with E-state index in [-0.39, 0.29) is 18.4 Å². The third-order valence-corrected chi connectivity index (χ3v) is 3.22. The standard InChI is InChI=1S/C9H14F2O/c10-9(11)5-7(9)3-1-6-2-4-8(6)12/h6-8,12H,1-5H2. The predicted molar refractivity (Wildman–Crippen MR) is 41.0 cm³/mol. The first kappa shape index (κ1) is 8.42. The zero-order chi connectivity index (χ0) is 8.77. The molecule has 2 rings (SSSR count). The van der Waals surface area contributed by atoms with Crippen molar-refractivity contribution < 1.29 is 13.9 Å². The van der Waals surface area contributed by atoms with Gasteiger partial charge in [0.25, 0.3) is 5.92 Å². The van der Waals surface area contributed by atoms with Gasteiger partial charge in [0.1, 0.15) is 0 Å². The highest BCUT2D eigenvalue weighted by atomic mass is 19.3. The molecule has 0 aliphatic heterocycles. The molecule has 1 N–H and O–H groups in total. The molecule has 3 unspecified atom stereocenters. The molecule has 2 aliphatic rings. The maximum absolute atomic E-state index is 12.4. The fourth-order valence-electron chi connectivity index (χ4n) is 1.89. The number of halogens is 2. The quantitative estimate of drug-likeness (QED) is 0.698. The summed E-state index contributed by atoms with van der Waals surface area (Å²) in [6.45, 7) is 0. The fourth-order valence-corrected chi connectivity index (χ4v) is 1.89. The van der Waals surface area contributed by atoms with Crippen LogP contribution >= 0.6 is 0 Å². The SMILES string of the molecule is OC1CCC1CCC1CC1(F)F. The van der Waals surface area contributed by atoms with Crippen LogP contribution in [0.25, 0.3) is 0 Å². The predicted octanol–water partition coefficient (Wildman–Crippen LogP) is 2.19. The molecule has 3 heteroatoms. The highest BCUT2D eigenvalue weighted by Gasteiger charge is 2.56. The topological polar surface area (TPSA) is 20.2 Å². The summed E-state index contributed by atoms with van der Waals surface area (Å²) in [7, 11) is 0. The van der Waals surface area contributed by atoms with Crippen LogP contribution < -0.4 is 0 Å². The first-order valence-corrected chi connectivity index (χ1v) is 4.65. The number of hydrogen-bond acceptors (Lipinski definition) is 1. The van der Waals surface area contributed by atoms with Gasteiger partial charge in [-0.3, -0.25) is 0 Å². The molecule has 0 spiro atoms. The second-order valence-electron chi connectivity index (χ2n) is 4.14. The second-order valence-corrected chi connectivity index (χ2v) is 4.14. The Bertz CT molecular complexity index is 179. The van der Waals surface area contributed by atoms with Crippen molar-refractivity contribution >= 4 is 0 Å². The van der Waals surface area contributed by atoms with E-state index in [1.54, 1.807) is 0 Å². The molecule has 2 saturated carbocycles. The zero-order valence-corrected chi connectivity index (χ0v) is 6.97. The largest absolute Gasteiger partial charge is 0.393 e. The third kappa shape index (κ3) is 1.47. The number of hydrogen-bond donors (Lipinski definition) is 1. The maximum Gasteiger partial charge on any atom is 0.251 e. The molecule has 0 bridgehead atoms. The van der Waals surface area contributed by atoms with E-state index in [1.165, 1.54) is 0 Å². The second kappa shape index (κ2) is 2.66. The van der Waals surface area contributed by atoms with Gasteiger partial charge in [-0.25, -0.2) is 8.78 Å². The Balaban J connectivity index is 1.64. The number of rotatable bonds is 3. The fraction of sp³-hybridized carbons (Fsp3) is 1.00. The Labute approximate surface area is 70.8 Å². The highest BCUT2D eigenvalue weighted by molar-refractivity contribution is 4.95. The molecule has 70 valence electrons. The van der Waals surface area contributed by atoms with Crippen LogP contribution in [-0.4, -0.2) is 17.1 Å². The highest BCUT2D eigenvalue weighted by Crippen LogP contribution is 2.52. The van der Waals surface area contributed by atoms with Gasteiger partial charge in [0.15, 0.2) is 0 Å². The van der Waals surface area contributed by atoms with Crippen LogP contribution in [0.1, 0.15) is 32.1 Å². The van der Waals surface area contributed by atoms with Crippen molar-refractivity contribution in [2.45, 2.75) is 44.1 Å². The van der Waals surface area contributed by atoms with Gasteiger partial charge in [-0.1, -0.05) is 0 Å². The molecule has 0 radical (unpaired) electrons. The minimum atomic E-state index is -2.37. The van der Waals surface area contributed by atoms with Crippen molar-refractivity contribution in [1.29, 1.82) is 0 Å². The van der Waals surface area contributed by atoms with Crippen LogP contribution in [0.3, 0.4) is 0 Å². The Kier molecular flexibility index (Phi) is 1.86. The van der Waals surface area contributed by atoms with Gasteiger partial charge in [0, 0.05) is 12.3 Å². The van der Waals surface area contributed by atoms with Crippen LogP contribution in [-0.2, 0) is 0 Å². The Morgan fingerprint density at radius 2 is 1.92 bits per heavy atom. The molecule has 0 amide bonds. The van der Waals surface area contributed by atoms with E-state index in [0.717, 1.165) is 19.3 Å². The number of aliphatic hydroxyl groups excluding tert-OH is 1. The molecule has 0 aromatic rings. The molecule has 2 aliphatic carbocycles. The van der Waals surface area contributed by atoms with Crippen molar-refractivity contribution in [3.63, 3.8) is 0 Å². The Hall–Kier alpha value is -0.180. The van der Waals surface area contributed by atoms with Crippen molar-refractivity contribution in [3.05, 3.63) is 0 Å². The normalized spacial score (nSPS) is 43.8. The van der Waals surface area contributed by atoms with Crippen molar-refractivity contribution in [3.8, 4) is 0 Å². The van der Waals surface area contributed by atoms with Crippen LogP contribution in [0.15, 0.2) is 0 Å². The Morgan fingerprint density at radius 1 is 1.25 bits per heavy atom. The molecule has 2 fully saturated rings. The van der Waals surface area contributed by atoms with Gasteiger partial charge in [-0.15, -0.1) is 0 Å². The third-order valence-electron chi connectivity index (χ3n) is 3.22. The van der Waals surface area contributed by atoms with Gasteiger partial charge in [-0.05, 0) is 31.6 Å². The minimum absolute atomic E-state index is 0.0792. The summed E-state index contributed by atoms with van der Waals surface area (Å²) in [5, 5.41) is 9.18. The maximum atomic E-state index is 12.4. The molecule has 0 aromatic heterocycles. The van der Waals surface area contributed by atoms with E-state index in [9.17, 15) is 13.9 Å². The van der Waals surface area contributed by atoms with Crippen LogP contribution in [0.5, 0.6) is 0 Å². The van der Waals surface area contributed by atoms with Gasteiger partial charge in [0.2, 0.25) is 0 Å². The lowest BCUT2D eigenvalue weighted by molar-refractivity contribution is 0.0145. The molecular weight excluding hydrogens is 162 g/mol. The molecule has 0 heterocycles. The number of alkyl halides is 2. The monoisotopic (exact) mass is 176 g/mol. The first-order valence-electron chi connectivity index (χ1n) is 4.65. The summed E-state index contributed by atoms with van der Waals surface area (Å²) in [6, 6.07) is 0. The molecule has 1 nitrogen and oxygen atoms in total. The van der Waals surface area contributed by atoms with E-state index in [0.29, 0.717) is 12.3 Å². The van der Waals surface area contributed by atoms with E-state index in [4.69, 9.17) is 0 Å². The summed E-state index contributed by atoms with van der Waals surface area (Å²) in [5.41, 5.74) is 0. The summed E-state index contributed by atoms with van der Waals surface area (Å²) < 4.78 is 24.8. The van der Waals surface area contributed by atoms with Crippen molar-refractivity contribution in [2.24, 2.45) is 11.8 Å². The summed E-state index contributed by atoms with van der Waals surface area (Å²) in [4.78, 5) is 0. The molecule has 12 heavy (non-hydrogen) atoms.